The van der Waals surface area contributed by atoms with Crippen LogP contribution in [0, 0.1) is 5.92 Å². The highest BCUT2D eigenvalue weighted by atomic mass is 16.2. The number of hydrogen-bond acceptors (Lipinski definition) is 4. The van der Waals surface area contributed by atoms with E-state index in [1.54, 1.807) is 13.1 Å². The predicted octanol–water partition coefficient (Wildman–Crippen LogP) is 0.846. The van der Waals surface area contributed by atoms with Crippen LogP contribution in [0.1, 0.15) is 19.8 Å². The van der Waals surface area contributed by atoms with E-state index in [0.29, 0.717) is 23.6 Å². The zero-order valence-electron chi connectivity index (χ0n) is 13.0. The Kier molecular flexibility index (Phi) is 3.64. The highest BCUT2D eigenvalue weighted by Gasteiger charge is 2.24. The lowest BCUT2D eigenvalue weighted by atomic mass is 10.0. The molecule has 0 radical (unpaired) electrons. The number of aromatic amines is 1. The molecule has 1 atom stereocenters. The second-order valence-corrected chi connectivity index (χ2v) is 6.00. The van der Waals surface area contributed by atoms with Gasteiger partial charge in [-0.05, 0) is 18.8 Å². The fourth-order valence-electron chi connectivity index (χ4n) is 3.14. The van der Waals surface area contributed by atoms with E-state index >= 15 is 0 Å². The van der Waals surface area contributed by atoms with Gasteiger partial charge in [-0.25, -0.2) is 4.79 Å². The quantitative estimate of drug-likeness (QED) is 0.853. The number of imidazole rings is 1. The molecule has 1 saturated heterocycles. The fourth-order valence-corrected chi connectivity index (χ4v) is 3.14. The summed E-state index contributed by atoms with van der Waals surface area (Å²) in [6, 6.07) is 0. The molecule has 0 aliphatic carbocycles. The van der Waals surface area contributed by atoms with Crippen LogP contribution in [0.25, 0.3) is 11.2 Å². The maximum absolute atomic E-state index is 12.2. The molecule has 118 valence electrons. The minimum atomic E-state index is -0.445. The second-order valence-electron chi connectivity index (χ2n) is 6.00. The normalized spacial score (nSPS) is 18.8. The minimum Gasteiger partial charge on any atom is -0.342 e. The first-order valence-electron chi connectivity index (χ1n) is 7.58. The zero-order chi connectivity index (χ0) is 15.9. The molecule has 2 aromatic heterocycles. The van der Waals surface area contributed by atoms with E-state index in [2.05, 4.69) is 28.4 Å². The van der Waals surface area contributed by atoms with Crippen molar-refractivity contribution in [3.8, 4) is 0 Å². The predicted molar refractivity (Wildman–Crippen MR) is 86.4 cm³/mol. The summed E-state index contributed by atoms with van der Waals surface area (Å²) in [7, 11) is 1.62. The Morgan fingerprint density at radius 1 is 1.45 bits per heavy atom. The van der Waals surface area contributed by atoms with Gasteiger partial charge in [0.1, 0.15) is 0 Å². The summed E-state index contributed by atoms with van der Waals surface area (Å²) < 4.78 is 3.23. The van der Waals surface area contributed by atoms with Crippen molar-refractivity contribution in [2.24, 2.45) is 13.0 Å². The molecular weight excluding hydrogens is 282 g/mol. The van der Waals surface area contributed by atoms with Gasteiger partial charge in [-0.15, -0.1) is 6.58 Å². The van der Waals surface area contributed by atoms with Crippen molar-refractivity contribution in [3.63, 3.8) is 0 Å². The standard InChI is InChI=1S/C15H21N5O2/c1-4-7-20-11-12(18(3)15(22)17-13(11)21)16-14(20)19-8-5-6-10(2)9-19/h4,10H,1,5-9H2,2-3H3,(H,17,21,22)/t10-/m1/s1. The van der Waals surface area contributed by atoms with E-state index in [0.717, 1.165) is 25.5 Å². The van der Waals surface area contributed by atoms with Gasteiger partial charge in [-0.2, -0.15) is 4.98 Å². The molecule has 7 nitrogen and oxygen atoms in total. The van der Waals surface area contributed by atoms with Gasteiger partial charge in [0.2, 0.25) is 5.95 Å². The first-order valence-corrected chi connectivity index (χ1v) is 7.58. The average Bonchev–Trinajstić information content (AvgIpc) is 2.85. The number of aromatic nitrogens is 4. The SMILES string of the molecule is C=CCn1c(N2CCC[C@@H](C)C2)nc2c1c(=O)[nH]c(=O)n2C. The molecule has 1 fully saturated rings. The van der Waals surface area contributed by atoms with Crippen molar-refractivity contribution in [1.29, 1.82) is 0 Å². The molecule has 2 aromatic rings. The Morgan fingerprint density at radius 3 is 2.91 bits per heavy atom. The monoisotopic (exact) mass is 303 g/mol. The molecule has 0 aromatic carbocycles. The summed E-state index contributed by atoms with van der Waals surface area (Å²) in [6.07, 6.45) is 4.05. The largest absolute Gasteiger partial charge is 0.342 e. The van der Waals surface area contributed by atoms with Gasteiger partial charge in [0.15, 0.2) is 11.2 Å². The van der Waals surface area contributed by atoms with Gasteiger partial charge in [-0.3, -0.25) is 14.3 Å². The van der Waals surface area contributed by atoms with Crippen molar-refractivity contribution in [2.75, 3.05) is 18.0 Å². The summed E-state index contributed by atoms with van der Waals surface area (Å²) in [5.74, 6) is 1.33. The second kappa shape index (κ2) is 5.47. The number of fused-ring (bicyclic) bond motifs is 1. The van der Waals surface area contributed by atoms with E-state index in [1.807, 2.05) is 4.57 Å². The van der Waals surface area contributed by atoms with Crippen LogP contribution in [0.2, 0.25) is 0 Å². The molecule has 0 saturated carbocycles. The molecule has 0 unspecified atom stereocenters. The first-order chi connectivity index (χ1) is 10.5. The Morgan fingerprint density at radius 2 is 2.23 bits per heavy atom. The molecule has 3 heterocycles. The number of anilines is 1. The summed E-state index contributed by atoms with van der Waals surface area (Å²) in [6.45, 7) is 8.29. The summed E-state index contributed by atoms with van der Waals surface area (Å²) >= 11 is 0. The molecular formula is C15H21N5O2. The van der Waals surface area contributed by atoms with Crippen molar-refractivity contribution >= 4 is 17.1 Å². The van der Waals surface area contributed by atoms with Crippen LogP contribution in [0.5, 0.6) is 0 Å². The molecule has 0 bridgehead atoms. The molecule has 22 heavy (non-hydrogen) atoms. The number of nitrogens with one attached hydrogen (secondary N) is 1. The van der Waals surface area contributed by atoms with Crippen LogP contribution < -0.4 is 16.1 Å². The Hall–Kier alpha value is -2.31. The first kappa shape index (κ1) is 14.6. The van der Waals surface area contributed by atoms with Gasteiger partial charge in [0.05, 0.1) is 0 Å². The summed E-state index contributed by atoms with van der Waals surface area (Å²) in [4.78, 5) is 33.1. The van der Waals surface area contributed by atoms with Crippen LogP contribution in [0.3, 0.4) is 0 Å². The van der Waals surface area contributed by atoms with Gasteiger partial charge in [0, 0.05) is 26.7 Å². The number of allylic oxidation sites excluding steroid dienone is 1. The Labute approximate surface area is 127 Å². The number of H-pyrrole nitrogens is 1. The van der Waals surface area contributed by atoms with E-state index in [-0.39, 0.29) is 0 Å². The smallest absolute Gasteiger partial charge is 0.329 e. The molecule has 3 rings (SSSR count). The van der Waals surface area contributed by atoms with Crippen molar-refractivity contribution in [3.05, 3.63) is 33.5 Å². The minimum absolute atomic E-state index is 0.399. The molecule has 0 spiro atoms. The maximum atomic E-state index is 12.2. The summed E-state index contributed by atoms with van der Waals surface area (Å²) in [5, 5.41) is 0. The molecule has 1 N–H and O–H groups in total. The number of hydrogen-bond donors (Lipinski definition) is 1. The maximum Gasteiger partial charge on any atom is 0.329 e. The Bertz CT molecular complexity index is 829. The molecule has 7 heteroatoms. The number of nitrogens with zero attached hydrogens (tertiary/aromatic N) is 4. The lowest BCUT2D eigenvalue weighted by molar-refractivity contribution is 0.439. The van der Waals surface area contributed by atoms with Crippen LogP contribution in [0.15, 0.2) is 22.2 Å². The highest BCUT2D eigenvalue weighted by Crippen LogP contribution is 2.24. The highest BCUT2D eigenvalue weighted by molar-refractivity contribution is 5.74. The van der Waals surface area contributed by atoms with Crippen LogP contribution in [0.4, 0.5) is 5.95 Å². The number of rotatable bonds is 3. The molecule has 0 amide bonds. The van der Waals surface area contributed by atoms with Gasteiger partial charge in [0.25, 0.3) is 5.56 Å². The molecule has 1 aliphatic heterocycles. The van der Waals surface area contributed by atoms with Crippen molar-refractivity contribution in [2.45, 2.75) is 26.3 Å². The van der Waals surface area contributed by atoms with E-state index in [9.17, 15) is 9.59 Å². The van der Waals surface area contributed by atoms with Crippen molar-refractivity contribution in [1.82, 2.24) is 19.1 Å². The lowest BCUT2D eigenvalue weighted by Crippen LogP contribution is -2.36. The van der Waals surface area contributed by atoms with Gasteiger partial charge >= 0.3 is 5.69 Å². The van der Waals surface area contributed by atoms with E-state index in [1.165, 1.54) is 11.0 Å². The number of aryl methyl sites for hydroxylation is 1. The van der Waals surface area contributed by atoms with Crippen molar-refractivity contribution < 1.29 is 0 Å². The average molecular weight is 303 g/mol. The van der Waals surface area contributed by atoms with E-state index in [4.69, 9.17) is 0 Å². The van der Waals surface area contributed by atoms with Crippen LogP contribution in [-0.4, -0.2) is 32.2 Å². The molecule has 1 aliphatic rings. The summed E-state index contributed by atoms with van der Waals surface area (Å²) in [5.41, 5.74) is 0.00197. The van der Waals surface area contributed by atoms with Gasteiger partial charge in [-0.1, -0.05) is 13.0 Å². The van der Waals surface area contributed by atoms with E-state index < -0.39 is 11.2 Å². The fraction of sp³-hybridized carbons (Fsp3) is 0.533. The third kappa shape index (κ3) is 2.26. The zero-order valence-corrected chi connectivity index (χ0v) is 13.0. The third-order valence-corrected chi connectivity index (χ3v) is 4.24. The van der Waals surface area contributed by atoms with Crippen LogP contribution in [-0.2, 0) is 13.6 Å². The number of piperidine rings is 1. The lowest BCUT2D eigenvalue weighted by Gasteiger charge is -2.31. The Balaban J connectivity index is 2.25. The van der Waals surface area contributed by atoms with Crippen LogP contribution >= 0.6 is 0 Å². The van der Waals surface area contributed by atoms with Gasteiger partial charge < -0.3 is 9.47 Å². The third-order valence-electron chi connectivity index (χ3n) is 4.24. The topological polar surface area (TPSA) is 75.9 Å².